The van der Waals surface area contributed by atoms with E-state index in [9.17, 15) is 0 Å². The van der Waals surface area contributed by atoms with E-state index in [1.807, 2.05) is 18.2 Å². The summed E-state index contributed by atoms with van der Waals surface area (Å²) in [5, 5.41) is 3.43. The minimum atomic E-state index is 0.602. The van der Waals surface area contributed by atoms with Crippen molar-refractivity contribution in [1.82, 2.24) is 5.32 Å². The fourth-order valence-electron chi connectivity index (χ4n) is 0.977. The van der Waals surface area contributed by atoms with Crippen molar-refractivity contribution in [2.45, 2.75) is 32.9 Å². The Morgan fingerprint density at radius 3 is 3.00 bits per heavy atom. The van der Waals surface area contributed by atoms with Gasteiger partial charge >= 0.3 is 0 Å². The number of hydrogen-bond acceptors (Lipinski definition) is 1. The normalized spacial score (nSPS) is 12.8. The summed E-state index contributed by atoms with van der Waals surface area (Å²) in [6.07, 6.45) is 1.18. The average Bonchev–Trinajstić information content (AvgIpc) is 2.16. The number of nitrogens with one attached hydrogen (secondary N) is 1. The number of benzene rings is 1. The summed E-state index contributed by atoms with van der Waals surface area (Å²) in [5.74, 6) is 0. The summed E-state index contributed by atoms with van der Waals surface area (Å²) in [6, 6.07) is 11.7. The highest BCUT2D eigenvalue weighted by atomic mass is 14.9. The topological polar surface area (TPSA) is 12.0 Å². The van der Waals surface area contributed by atoms with Crippen molar-refractivity contribution in [3.63, 3.8) is 0 Å². The molecule has 0 aliphatic carbocycles. The quantitative estimate of drug-likeness (QED) is 0.716. The Hall–Kier alpha value is -0.820. The summed E-state index contributed by atoms with van der Waals surface area (Å²) in [7, 11) is 0. The molecule has 0 spiro atoms. The first-order valence-electron chi connectivity index (χ1n) is 4.51. The van der Waals surface area contributed by atoms with Gasteiger partial charge in [0.2, 0.25) is 0 Å². The molecule has 0 amide bonds. The standard InChI is InChI=1S/C11H16N/c1-3-10(2)12-9-11-7-5-4-6-8-11/h4-5,7-8,10,12H,3,9H2,1-2H3. The number of rotatable bonds is 4. The summed E-state index contributed by atoms with van der Waals surface area (Å²) in [5.41, 5.74) is 1.30. The van der Waals surface area contributed by atoms with Crippen molar-refractivity contribution in [1.29, 1.82) is 0 Å². The molecule has 1 unspecified atom stereocenters. The van der Waals surface area contributed by atoms with Crippen LogP contribution in [0.15, 0.2) is 24.3 Å². The molecule has 1 aromatic rings. The van der Waals surface area contributed by atoms with Gasteiger partial charge in [-0.2, -0.15) is 0 Å². The second-order valence-corrected chi connectivity index (χ2v) is 3.10. The van der Waals surface area contributed by atoms with Gasteiger partial charge in [-0.15, -0.1) is 0 Å². The molecule has 0 saturated heterocycles. The molecule has 0 saturated carbocycles. The highest BCUT2D eigenvalue weighted by Gasteiger charge is 1.96. The van der Waals surface area contributed by atoms with Gasteiger partial charge in [0, 0.05) is 12.6 Å². The van der Waals surface area contributed by atoms with Gasteiger partial charge in [-0.3, -0.25) is 0 Å². The van der Waals surface area contributed by atoms with Gasteiger partial charge in [0.1, 0.15) is 0 Å². The Kier molecular flexibility index (Phi) is 3.81. The highest BCUT2D eigenvalue weighted by molar-refractivity contribution is 5.13. The first-order chi connectivity index (χ1) is 5.83. The Morgan fingerprint density at radius 1 is 1.58 bits per heavy atom. The van der Waals surface area contributed by atoms with E-state index in [0.717, 1.165) is 6.54 Å². The lowest BCUT2D eigenvalue weighted by Crippen LogP contribution is -2.24. The van der Waals surface area contributed by atoms with Gasteiger partial charge in [-0.05, 0) is 31.0 Å². The van der Waals surface area contributed by atoms with E-state index in [-0.39, 0.29) is 0 Å². The molecule has 0 fully saturated rings. The third-order valence-electron chi connectivity index (χ3n) is 2.04. The van der Waals surface area contributed by atoms with E-state index in [1.165, 1.54) is 12.0 Å². The fraction of sp³-hybridized carbons (Fsp3) is 0.455. The zero-order valence-corrected chi connectivity index (χ0v) is 7.80. The summed E-state index contributed by atoms with van der Waals surface area (Å²) in [6.45, 7) is 5.34. The molecule has 1 N–H and O–H groups in total. The molecule has 1 rings (SSSR count). The molecule has 1 atom stereocenters. The lowest BCUT2D eigenvalue weighted by atomic mass is 10.2. The van der Waals surface area contributed by atoms with E-state index in [2.05, 4.69) is 31.3 Å². The van der Waals surface area contributed by atoms with Crippen LogP contribution in [0.5, 0.6) is 0 Å². The van der Waals surface area contributed by atoms with Crippen molar-refractivity contribution in [2.75, 3.05) is 0 Å². The molecule has 0 bridgehead atoms. The predicted molar refractivity (Wildman–Crippen MR) is 51.9 cm³/mol. The van der Waals surface area contributed by atoms with Crippen molar-refractivity contribution < 1.29 is 0 Å². The molecule has 0 heterocycles. The van der Waals surface area contributed by atoms with E-state index in [4.69, 9.17) is 0 Å². The summed E-state index contributed by atoms with van der Waals surface area (Å²) in [4.78, 5) is 0. The second-order valence-electron chi connectivity index (χ2n) is 3.10. The Morgan fingerprint density at radius 2 is 2.42 bits per heavy atom. The van der Waals surface area contributed by atoms with Gasteiger partial charge in [0.25, 0.3) is 0 Å². The zero-order chi connectivity index (χ0) is 8.81. The largest absolute Gasteiger partial charge is 0.310 e. The summed E-state index contributed by atoms with van der Waals surface area (Å²) >= 11 is 0. The van der Waals surface area contributed by atoms with Crippen molar-refractivity contribution >= 4 is 0 Å². The van der Waals surface area contributed by atoms with Gasteiger partial charge in [-0.25, -0.2) is 0 Å². The van der Waals surface area contributed by atoms with Crippen LogP contribution in [0.3, 0.4) is 0 Å². The van der Waals surface area contributed by atoms with Crippen LogP contribution in [0.25, 0.3) is 0 Å². The predicted octanol–water partition coefficient (Wildman–Crippen LogP) is 2.37. The Bertz CT molecular complexity index is 206. The second kappa shape index (κ2) is 4.94. The third kappa shape index (κ3) is 3.05. The average molecular weight is 162 g/mol. The van der Waals surface area contributed by atoms with Crippen LogP contribution >= 0.6 is 0 Å². The molecule has 1 heteroatoms. The lowest BCUT2D eigenvalue weighted by Gasteiger charge is -2.10. The number of hydrogen-bond donors (Lipinski definition) is 1. The molecule has 1 aromatic carbocycles. The van der Waals surface area contributed by atoms with Gasteiger partial charge in [0.15, 0.2) is 0 Å². The van der Waals surface area contributed by atoms with Crippen LogP contribution in [0.1, 0.15) is 25.8 Å². The highest BCUT2D eigenvalue weighted by Crippen LogP contribution is 1.98. The van der Waals surface area contributed by atoms with E-state index in [0.29, 0.717) is 6.04 Å². The summed E-state index contributed by atoms with van der Waals surface area (Å²) < 4.78 is 0. The maximum Gasteiger partial charge on any atom is 0.0208 e. The Labute approximate surface area is 74.8 Å². The van der Waals surface area contributed by atoms with E-state index >= 15 is 0 Å². The minimum absolute atomic E-state index is 0.602. The van der Waals surface area contributed by atoms with Crippen molar-refractivity contribution in [2.24, 2.45) is 0 Å². The monoisotopic (exact) mass is 162 g/mol. The Balaban J connectivity index is 2.33. The van der Waals surface area contributed by atoms with Crippen LogP contribution in [-0.4, -0.2) is 6.04 Å². The van der Waals surface area contributed by atoms with Crippen molar-refractivity contribution in [3.05, 3.63) is 35.9 Å². The van der Waals surface area contributed by atoms with Crippen molar-refractivity contribution in [3.8, 4) is 0 Å². The van der Waals surface area contributed by atoms with Crippen LogP contribution < -0.4 is 5.32 Å². The minimum Gasteiger partial charge on any atom is -0.310 e. The van der Waals surface area contributed by atoms with Crippen LogP contribution in [0.4, 0.5) is 0 Å². The van der Waals surface area contributed by atoms with Gasteiger partial charge in [0.05, 0.1) is 0 Å². The van der Waals surface area contributed by atoms with Crippen LogP contribution in [-0.2, 0) is 6.54 Å². The third-order valence-corrected chi connectivity index (χ3v) is 2.04. The zero-order valence-electron chi connectivity index (χ0n) is 7.80. The molecule has 1 radical (unpaired) electrons. The van der Waals surface area contributed by atoms with Crippen LogP contribution in [0, 0.1) is 6.07 Å². The molecular formula is C11H16N. The van der Waals surface area contributed by atoms with Gasteiger partial charge in [-0.1, -0.05) is 25.1 Å². The van der Waals surface area contributed by atoms with Crippen LogP contribution in [0.2, 0.25) is 0 Å². The molecule has 1 nitrogen and oxygen atoms in total. The molecule has 0 aliphatic heterocycles. The lowest BCUT2D eigenvalue weighted by molar-refractivity contribution is 0.534. The fourth-order valence-corrected chi connectivity index (χ4v) is 0.977. The maximum absolute atomic E-state index is 3.43. The van der Waals surface area contributed by atoms with E-state index < -0.39 is 0 Å². The molecule has 0 aromatic heterocycles. The molecular weight excluding hydrogens is 146 g/mol. The van der Waals surface area contributed by atoms with E-state index in [1.54, 1.807) is 0 Å². The first kappa shape index (κ1) is 9.27. The molecule has 65 valence electrons. The first-order valence-corrected chi connectivity index (χ1v) is 4.51. The molecule has 0 aliphatic rings. The molecule has 12 heavy (non-hydrogen) atoms. The SMILES string of the molecule is CCC(C)NCc1c[c]ccc1. The smallest absolute Gasteiger partial charge is 0.0208 e. The maximum atomic E-state index is 3.43. The van der Waals surface area contributed by atoms with Gasteiger partial charge < -0.3 is 5.32 Å².